The fourth-order valence-corrected chi connectivity index (χ4v) is 12.5. The van der Waals surface area contributed by atoms with E-state index >= 15 is 0 Å². The summed E-state index contributed by atoms with van der Waals surface area (Å²) in [6.45, 7) is 54.7. The highest BCUT2D eigenvalue weighted by Crippen LogP contribution is 2.38. The Morgan fingerprint density at radius 3 is 0.852 bits per heavy atom. The van der Waals surface area contributed by atoms with Crippen LogP contribution in [0.2, 0.25) is 0 Å². The number of phenols is 2. The van der Waals surface area contributed by atoms with Crippen molar-refractivity contribution in [3.8, 4) is 23.0 Å². The van der Waals surface area contributed by atoms with E-state index in [1.54, 1.807) is 24.3 Å². The van der Waals surface area contributed by atoms with Crippen LogP contribution in [0, 0.1) is 23.7 Å². The van der Waals surface area contributed by atoms with Gasteiger partial charge in [0.05, 0.1) is 36.9 Å². The average molecular weight is 1600 g/mol. The molecule has 11 atom stereocenters. The first-order valence-corrected chi connectivity index (χ1v) is 44.8. The molecule has 5 aromatic carbocycles. The zero-order valence-electron chi connectivity index (χ0n) is 77.2. The van der Waals surface area contributed by atoms with Gasteiger partial charge in [0.25, 0.3) is 0 Å². The second kappa shape index (κ2) is 58.1. The summed E-state index contributed by atoms with van der Waals surface area (Å²) in [5.41, 5.74) is 5.38. The normalized spacial score (nSPS) is 16.2. The van der Waals surface area contributed by atoms with Crippen LogP contribution in [0.15, 0.2) is 127 Å². The molecule has 2 aliphatic carbocycles. The molecule has 0 radical (unpaired) electrons. The van der Waals surface area contributed by atoms with Crippen molar-refractivity contribution in [2.75, 3.05) is 13.2 Å². The van der Waals surface area contributed by atoms with Gasteiger partial charge in [0.15, 0.2) is 12.6 Å². The second-order valence-electron chi connectivity index (χ2n) is 33.9. The van der Waals surface area contributed by atoms with Crippen molar-refractivity contribution in [2.24, 2.45) is 23.7 Å². The van der Waals surface area contributed by atoms with E-state index in [1.165, 1.54) is 66.3 Å². The summed E-state index contributed by atoms with van der Waals surface area (Å²) in [6, 6.07) is 42.1. The number of phenolic OH excluding ortho intramolecular Hbond substituents is 2. The molecule has 0 amide bonds. The largest absolute Gasteiger partial charge is 0.508 e. The van der Waals surface area contributed by atoms with Crippen LogP contribution in [0.3, 0.4) is 0 Å². The molecule has 2 aliphatic rings. The topological polar surface area (TPSA) is 183 Å². The Kier molecular flexibility index (Phi) is 53.6. The molecule has 0 spiro atoms. The van der Waals surface area contributed by atoms with E-state index in [-0.39, 0.29) is 71.3 Å². The Balaban J connectivity index is 0.000000701. The van der Waals surface area contributed by atoms with Gasteiger partial charge in [-0.2, -0.15) is 0 Å². The molecule has 2 N–H and O–H groups in total. The van der Waals surface area contributed by atoms with E-state index in [9.17, 15) is 19.2 Å². The number of hydrogen-bond acceptors (Lipinski definition) is 14. The Morgan fingerprint density at radius 1 is 0.339 bits per heavy atom. The zero-order valence-corrected chi connectivity index (χ0v) is 77.2. The second-order valence-corrected chi connectivity index (χ2v) is 33.9. The number of unbranched alkanes of at least 4 members (excludes halogenated alkanes) is 1. The van der Waals surface area contributed by atoms with Crippen molar-refractivity contribution in [3.63, 3.8) is 0 Å². The van der Waals surface area contributed by atoms with Crippen LogP contribution in [0.25, 0.3) is 0 Å². The number of aromatic hydroxyl groups is 2. The molecule has 14 nitrogen and oxygen atoms in total. The number of esters is 4. The number of carbonyl (C=O) groups is 4. The van der Waals surface area contributed by atoms with Gasteiger partial charge >= 0.3 is 23.9 Å². The third kappa shape index (κ3) is 43.9. The lowest BCUT2D eigenvalue weighted by molar-refractivity contribution is -0.168. The molecular weight excluding hydrogens is 1440 g/mol. The quantitative estimate of drug-likeness (QED) is 0.0165. The van der Waals surface area contributed by atoms with Gasteiger partial charge in [-0.05, 0) is 295 Å². The van der Waals surface area contributed by atoms with Gasteiger partial charge in [-0.1, -0.05) is 224 Å². The van der Waals surface area contributed by atoms with E-state index in [1.807, 2.05) is 145 Å². The van der Waals surface area contributed by atoms with Crippen molar-refractivity contribution in [1.82, 2.24) is 0 Å². The van der Waals surface area contributed by atoms with Crippen LogP contribution >= 0.6 is 0 Å². The fourth-order valence-electron chi connectivity index (χ4n) is 12.5. The maximum Gasteiger partial charge on any atom is 0.309 e. The molecule has 11 unspecified atom stereocenters. The SMILES string of the molecule is CCC(C)C(=O)OC(C)(C)CCC(C)(C)OC(=O)C(C)CC.CCC(C)C(=O)OC1(CC)CCCC1.CCC(C)C(=O)OC1(CC)CCCCC1.CCC(C)c1ccc(O)cc1.CCC(C)c1ccc(O)cc1.CCC(C)c1ccc(OC(C)OCCCCOC(C)Oc2ccc(C(C)CC)cc2)cc1.CCC(C)c1ccccc1. The number of hydrogen-bond donors (Lipinski definition) is 2. The summed E-state index contributed by atoms with van der Waals surface area (Å²) in [6.07, 6.45) is 24.0. The highest BCUT2D eigenvalue weighted by atomic mass is 16.7. The molecule has 5 aromatic rings. The Hall–Kier alpha value is -6.90. The monoisotopic (exact) mass is 1600 g/mol. The third-order valence-electron chi connectivity index (χ3n) is 23.4. The van der Waals surface area contributed by atoms with E-state index < -0.39 is 11.2 Å². The maximum atomic E-state index is 11.9. The standard InChI is InChI=1S/C28H42O4.C18H34O4.C13H24O2.C12H22O2.2C10H14O.C10H14/c1-7-21(3)25-11-15-27(16-12-25)31-23(5)29-19-9-10-20-30-24(6)32-28-17-13-26(14-18-28)22(4)8-2;1-9-13(3)15(19)21-17(5,6)11-12-18(7,8)22-16(20)14(4)10-2;1-4-11(3)12(14)15-13(5-2)9-7-6-8-10-13;1-4-10(3)11(13)14-12(5-2)8-6-7-9-12;2*1-3-8(2)9-4-6-10(11)7-5-9;1-3-9(2)10-7-5-4-6-8-10/h11-18,21-24H,7-10,19-20H2,1-6H3;13-14H,9-12H2,1-8H3;11H,4-10H2,1-3H3;10H,4-9H2,1-3H3;2*4-8,11H,3H2,1-2H3;4-9H,3H2,1-2H3. The molecule has 0 heterocycles. The molecule has 652 valence electrons. The summed E-state index contributed by atoms with van der Waals surface area (Å²) in [5, 5.41) is 18.0. The van der Waals surface area contributed by atoms with Gasteiger partial charge in [-0.3, -0.25) is 19.2 Å². The highest BCUT2D eigenvalue weighted by Gasteiger charge is 2.38. The Bertz CT molecular complexity index is 3140. The van der Waals surface area contributed by atoms with Crippen molar-refractivity contribution in [3.05, 3.63) is 155 Å². The van der Waals surface area contributed by atoms with E-state index in [0.717, 1.165) is 114 Å². The molecule has 14 heteroatoms. The van der Waals surface area contributed by atoms with Gasteiger partial charge in [0.1, 0.15) is 45.4 Å². The average Bonchev–Trinajstić information content (AvgIpc) is 1.84. The molecule has 0 saturated heterocycles. The lowest BCUT2D eigenvalue weighted by Gasteiger charge is -2.36. The van der Waals surface area contributed by atoms with Crippen LogP contribution in [0.5, 0.6) is 23.0 Å². The lowest BCUT2D eigenvalue weighted by Crippen LogP contribution is -2.38. The number of rotatable bonds is 38. The predicted octanol–water partition coefficient (Wildman–Crippen LogP) is 28.2. The summed E-state index contributed by atoms with van der Waals surface area (Å²) < 4.78 is 45.8. The molecule has 0 bridgehead atoms. The first kappa shape index (κ1) is 106. The van der Waals surface area contributed by atoms with Gasteiger partial charge in [-0.15, -0.1) is 0 Å². The molecular formula is C101H164O14. The van der Waals surface area contributed by atoms with Crippen LogP contribution in [0.1, 0.15) is 392 Å². The van der Waals surface area contributed by atoms with Crippen molar-refractivity contribution in [2.45, 2.75) is 399 Å². The van der Waals surface area contributed by atoms with Crippen LogP contribution < -0.4 is 9.47 Å². The van der Waals surface area contributed by atoms with E-state index in [4.69, 9.17) is 48.1 Å². The smallest absolute Gasteiger partial charge is 0.309 e. The first-order valence-electron chi connectivity index (χ1n) is 44.8. The van der Waals surface area contributed by atoms with Gasteiger partial charge in [0, 0.05) is 0 Å². The molecule has 0 aromatic heterocycles. The molecule has 0 aliphatic heterocycles. The van der Waals surface area contributed by atoms with E-state index in [2.05, 4.69) is 138 Å². The lowest BCUT2D eigenvalue weighted by atomic mass is 9.82. The number of ether oxygens (including phenoxy) is 8. The van der Waals surface area contributed by atoms with Crippen molar-refractivity contribution in [1.29, 1.82) is 0 Å². The highest BCUT2D eigenvalue weighted by molar-refractivity contribution is 5.73. The van der Waals surface area contributed by atoms with Crippen molar-refractivity contribution >= 4 is 23.9 Å². The van der Waals surface area contributed by atoms with Crippen LogP contribution in [-0.4, -0.2) is 82.3 Å². The van der Waals surface area contributed by atoms with E-state index in [0.29, 0.717) is 67.1 Å². The fraction of sp³-hybridized carbons (Fsp3) is 0.663. The van der Waals surface area contributed by atoms with Gasteiger partial charge in [-0.25, -0.2) is 0 Å². The van der Waals surface area contributed by atoms with Gasteiger partial charge in [0.2, 0.25) is 0 Å². The van der Waals surface area contributed by atoms with Crippen molar-refractivity contribution < 1.29 is 67.3 Å². The Morgan fingerprint density at radius 2 is 0.591 bits per heavy atom. The molecule has 2 saturated carbocycles. The zero-order chi connectivity index (χ0) is 86.7. The minimum absolute atomic E-state index is 0.00116. The summed E-state index contributed by atoms with van der Waals surface area (Å²) in [4.78, 5) is 47.3. The minimum Gasteiger partial charge on any atom is -0.508 e. The minimum atomic E-state index is -0.555. The maximum absolute atomic E-state index is 11.9. The summed E-state index contributed by atoms with van der Waals surface area (Å²) in [7, 11) is 0. The van der Waals surface area contributed by atoms with Gasteiger partial charge < -0.3 is 48.1 Å². The number of carbonyl (C=O) groups excluding carboxylic acids is 4. The predicted molar refractivity (Wildman–Crippen MR) is 478 cm³/mol. The molecule has 7 rings (SSSR count). The molecule has 2 fully saturated rings. The van der Waals surface area contributed by atoms with Crippen LogP contribution in [0.4, 0.5) is 0 Å². The molecule has 115 heavy (non-hydrogen) atoms. The number of benzene rings is 5. The summed E-state index contributed by atoms with van der Waals surface area (Å²) in [5.74, 6) is 5.02. The first-order chi connectivity index (χ1) is 54.4. The summed E-state index contributed by atoms with van der Waals surface area (Å²) >= 11 is 0. The third-order valence-corrected chi connectivity index (χ3v) is 23.4. The van der Waals surface area contributed by atoms with Crippen LogP contribution in [-0.2, 0) is 47.6 Å². The Labute approximate surface area is 701 Å².